The molecule has 0 aliphatic rings. The van der Waals surface area contributed by atoms with Crippen LogP contribution >= 0.6 is 0 Å². The largest absolute Gasteiger partial charge is 0.434 e. The Kier molecular flexibility index (Phi) is 6.30. The van der Waals surface area contributed by atoms with Crippen LogP contribution in [0.1, 0.15) is 21.6 Å². The summed E-state index contributed by atoms with van der Waals surface area (Å²) in [7, 11) is 3.71. The third kappa shape index (κ3) is 5.28. The lowest BCUT2D eigenvalue weighted by atomic mass is 10.1. The number of benzene rings is 1. The van der Waals surface area contributed by atoms with Crippen LogP contribution in [0.3, 0.4) is 0 Å². The molecule has 172 valence electrons. The number of carbonyl (C=O) groups excluding carboxylic acids is 1. The van der Waals surface area contributed by atoms with E-state index in [0.717, 1.165) is 18.2 Å². The van der Waals surface area contributed by atoms with Crippen LogP contribution in [0.25, 0.3) is 5.69 Å². The molecule has 0 bridgehead atoms. The summed E-state index contributed by atoms with van der Waals surface area (Å²) in [5, 5.41) is 9.86. The van der Waals surface area contributed by atoms with Gasteiger partial charge in [0.1, 0.15) is 0 Å². The van der Waals surface area contributed by atoms with Crippen molar-refractivity contribution < 1.29 is 31.1 Å². The zero-order valence-corrected chi connectivity index (χ0v) is 16.9. The highest BCUT2D eigenvalue weighted by Crippen LogP contribution is 2.35. The van der Waals surface area contributed by atoms with Crippen LogP contribution in [0.4, 0.5) is 32.0 Å². The Morgan fingerprint density at radius 3 is 2.41 bits per heavy atom. The molecule has 0 atom stereocenters. The Morgan fingerprint density at radius 1 is 1.06 bits per heavy atom. The zero-order valence-electron chi connectivity index (χ0n) is 16.9. The van der Waals surface area contributed by atoms with E-state index >= 15 is 0 Å². The quantitative estimate of drug-likeness (QED) is 0.567. The van der Waals surface area contributed by atoms with E-state index < -0.39 is 40.8 Å². The van der Waals surface area contributed by atoms with Crippen molar-refractivity contribution in [3.63, 3.8) is 0 Å². The van der Waals surface area contributed by atoms with Crippen LogP contribution in [0.2, 0.25) is 0 Å². The normalized spacial score (nSPS) is 12.4. The molecule has 0 fully saturated rings. The topological polar surface area (TPSA) is 68.0 Å². The van der Waals surface area contributed by atoms with Crippen molar-refractivity contribution in [1.82, 2.24) is 24.5 Å². The van der Waals surface area contributed by atoms with Crippen molar-refractivity contribution in [1.29, 1.82) is 0 Å². The molecular weight excluding hydrogens is 442 g/mol. The van der Waals surface area contributed by atoms with E-state index in [-0.39, 0.29) is 10.4 Å². The van der Waals surface area contributed by atoms with Crippen LogP contribution < -0.4 is 5.32 Å². The van der Waals surface area contributed by atoms with Gasteiger partial charge in [0, 0.05) is 12.7 Å². The summed E-state index contributed by atoms with van der Waals surface area (Å²) in [5.41, 5.74) is -3.79. The molecule has 0 radical (unpaired) electrons. The van der Waals surface area contributed by atoms with Gasteiger partial charge in [-0.15, -0.1) is 0 Å². The highest BCUT2D eigenvalue weighted by atomic mass is 19.4. The second-order valence-electron chi connectivity index (χ2n) is 7.11. The van der Waals surface area contributed by atoms with Crippen molar-refractivity contribution in [2.45, 2.75) is 18.9 Å². The minimum atomic E-state index is -5.06. The Morgan fingerprint density at radius 2 is 1.78 bits per heavy atom. The number of amides is 1. The number of anilines is 1. The molecule has 32 heavy (non-hydrogen) atoms. The van der Waals surface area contributed by atoms with Crippen molar-refractivity contribution in [3.8, 4) is 5.69 Å². The first-order valence-corrected chi connectivity index (χ1v) is 9.17. The van der Waals surface area contributed by atoms with Gasteiger partial charge < -0.3 is 10.2 Å². The van der Waals surface area contributed by atoms with Gasteiger partial charge in [0.2, 0.25) is 0 Å². The molecule has 2 aromatic heterocycles. The van der Waals surface area contributed by atoms with Gasteiger partial charge in [-0.25, -0.2) is 4.68 Å². The Hall–Kier alpha value is -3.35. The van der Waals surface area contributed by atoms with Crippen molar-refractivity contribution in [2.24, 2.45) is 0 Å². The standard InChI is InChI=1S/C19H18F6N6O/c1-29(2)6-7-30-11-13(9-26-30)28-17(32)15-10-27-31(16(15)19(23,24)25)14-5-3-4-12(8-14)18(20,21)22/h3-5,8-11H,6-7H2,1-2H3,(H,28,32). The van der Waals surface area contributed by atoms with E-state index in [1.54, 1.807) is 0 Å². The van der Waals surface area contributed by atoms with Gasteiger partial charge in [-0.2, -0.15) is 36.5 Å². The monoisotopic (exact) mass is 460 g/mol. The molecule has 0 aliphatic heterocycles. The van der Waals surface area contributed by atoms with E-state index in [9.17, 15) is 31.1 Å². The van der Waals surface area contributed by atoms with Crippen LogP contribution in [0.15, 0.2) is 42.9 Å². The molecule has 7 nitrogen and oxygen atoms in total. The molecule has 0 unspecified atom stereocenters. The van der Waals surface area contributed by atoms with Gasteiger partial charge in [0.25, 0.3) is 5.91 Å². The molecule has 3 rings (SSSR count). The maximum absolute atomic E-state index is 13.8. The number of rotatable bonds is 6. The first kappa shape index (κ1) is 23.3. The molecule has 1 N–H and O–H groups in total. The van der Waals surface area contributed by atoms with E-state index in [2.05, 4.69) is 15.5 Å². The van der Waals surface area contributed by atoms with E-state index in [4.69, 9.17) is 0 Å². The highest BCUT2D eigenvalue weighted by Gasteiger charge is 2.41. The Balaban J connectivity index is 1.92. The first-order valence-electron chi connectivity index (χ1n) is 9.17. The molecule has 2 heterocycles. The summed E-state index contributed by atoms with van der Waals surface area (Å²) in [6.45, 7) is 1.14. The molecule has 0 aliphatic carbocycles. The molecule has 0 saturated carbocycles. The third-order valence-corrected chi connectivity index (χ3v) is 4.37. The van der Waals surface area contributed by atoms with Crippen molar-refractivity contribution in [2.75, 3.05) is 26.0 Å². The van der Waals surface area contributed by atoms with E-state index in [1.165, 1.54) is 17.1 Å². The molecule has 1 aromatic carbocycles. The number of halogens is 6. The second-order valence-corrected chi connectivity index (χ2v) is 7.11. The smallest absolute Gasteiger partial charge is 0.319 e. The van der Waals surface area contributed by atoms with Crippen LogP contribution in [0, 0.1) is 0 Å². The second kappa shape index (κ2) is 8.65. The fourth-order valence-corrected chi connectivity index (χ4v) is 2.85. The number of nitrogens with one attached hydrogen (secondary N) is 1. The zero-order chi connectivity index (χ0) is 23.7. The molecule has 3 aromatic rings. The Labute approximate surface area is 178 Å². The molecular formula is C19H18F6N6O. The summed E-state index contributed by atoms with van der Waals surface area (Å²) in [6.07, 6.45) is -6.43. The first-order chi connectivity index (χ1) is 14.9. The van der Waals surface area contributed by atoms with Gasteiger partial charge in [-0.05, 0) is 32.3 Å². The summed E-state index contributed by atoms with van der Waals surface area (Å²) in [6, 6.07) is 3.25. The molecule has 13 heteroatoms. The molecule has 0 spiro atoms. The minimum Gasteiger partial charge on any atom is -0.319 e. The summed E-state index contributed by atoms with van der Waals surface area (Å²) in [5.74, 6) is -1.12. The number of aromatic nitrogens is 4. The van der Waals surface area contributed by atoms with Gasteiger partial charge in [0.05, 0.1) is 41.4 Å². The lowest BCUT2D eigenvalue weighted by molar-refractivity contribution is -0.143. The van der Waals surface area contributed by atoms with E-state index in [1.807, 2.05) is 19.0 Å². The highest BCUT2D eigenvalue weighted by molar-refractivity contribution is 6.05. The van der Waals surface area contributed by atoms with Crippen molar-refractivity contribution in [3.05, 3.63) is 59.7 Å². The maximum Gasteiger partial charge on any atom is 0.434 e. The summed E-state index contributed by atoms with van der Waals surface area (Å²) in [4.78, 5) is 14.4. The number of likely N-dealkylation sites (N-methyl/N-ethyl adjacent to an activating group) is 1. The lowest BCUT2D eigenvalue weighted by Gasteiger charge is -2.14. The number of hydrogen-bond donors (Lipinski definition) is 1. The van der Waals surface area contributed by atoms with Crippen molar-refractivity contribution >= 4 is 11.6 Å². The predicted octanol–water partition coefficient (Wildman–Crippen LogP) is 3.92. The average molecular weight is 460 g/mol. The Bertz CT molecular complexity index is 1100. The van der Waals surface area contributed by atoms with Gasteiger partial charge >= 0.3 is 12.4 Å². The van der Waals surface area contributed by atoms with Crippen LogP contribution in [0.5, 0.6) is 0 Å². The summed E-state index contributed by atoms with van der Waals surface area (Å²) >= 11 is 0. The van der Waals surface area contributed by atoms with Crippen LogP contribution in [-0.4, -0.2) is 51.0 Å². The van der Waals surface area contributed by atoms with Gasteiger partial charge in [0.15, 0.2) is 5.69 Å². The third-order valence-electron chi connectivity index (χ3n) is 4.37. The number of nitrogens with zero attached hydrogens (tertiary/aromatic N) is 5. The summed E-state index contributed by atoms with van der Waals surface area (Å²) < 4.78 is 82.0. The fraction of sp³-hybridized carbons (Fsp3) is 0.316. The number of alkyl halides is 6. The SMILES string of the molecule is CN(C)CCn1cc(NC(=O)c2cnn(-c3cccc(C(F)(F)F)c3)c2C(F)(F)F)cn1. The fourth-order valence-electron chi connectivity index (χ4n) is 2.85. The van der Waals surface area contributed by atoms with Gasteiger partial charge in [-0.3, -0.25) is 9.48 Å². The maximum atomic E-state index is 13.8. The van der Waals surface area contributed by atoms with Gasteiger partial charge in [-0.1, -0.05) is 6.07 Å². The molecule has 1 amide bonds. The number of carbonyl (C=O) groups is 1. The molecule has 0 saturated heterocycles. The minimum absolute atomic E-state index is 0.161. The predicted molar refractivity (Wildman–Crippen MR) is 102 cm³/mol. The number of hydrogen-bond acceptors (Lipinski definition) is 4. The van der Waals surface area contributed by atoms with E-state index in [0.29, 0.717) is 25.4 Å². The lowest BCUT2D eigenvalue weighted by Crippen LogP contribution is -2.21. The average Bonchev–Trinajstić information content (AvgIpc) is 3.32. The van der Waals surface area contributed by atoms with Crippen LogP contribution in [-0.2, 0) is 18.9 Å².